The van der Waals surface area contributed by atoms with Crippen molar-refractivity contribution >= 4 is 5.69 Å². The number of rotatable bonds is 5. The Morgan fingerprint density at radius 2 is 2.05 bits per heavy atom. The van der Waals surface area contributed by atoms with Gasteiger partial charge in [0.2, 0.25) is 5.82 Å². The zero-order chi connectivity index (χ0) is 15.2. The first-order valence-corrected chi connectivity index (χ1v) is 7.69. The fourth-order valence-corrected chi connectivity index (χ4v) is 2.55. The van der Waals surface area contributed by atoms with Crippen LogP contribution in [0, 0.1) is 0 Å². The Morgan fingerprint density at radius 3 is 2.86 bits per heavy atom. The van der Waals surface area contributed by atoms with Gasteiger partial charge in [0.15, 0.2) is 0 Å². The molecule has 7 nitrogen and oxygen atoms in total. The van der Waals surface area contributed by atoms with Gasteiger partial charge in [-0.3, -0.25) is 0 Å². The van der Waals surface area contributed by atoms with E-state index in [9.17, 15) is 0 Å². The molecule has 0 unspecified atom stereocenters. The molecule has 2 aromatic rings. The lowest BCUT2D eigenvalue weighted by Crippen LogP contribution is -2.27. The SMILES string of the molecule is COCCn1nnc(-c2ccc(N3CCCNCC3)cc2)n1. The van der Waals surface area contributed by atoms with E-state index in [1.54, 1.807) is 11.9 Å². The molecule has 2 heterocycles. The summed E-state index contributed by atoms with van der Waals surface area (Å²) in [4.78, 5) is 3.97. The summed E-state index contributed by atoms with van der Waals surface area (Å²) in [5.74, 6) is 0.653. The second-order valence-corrected chi connectivity index (χ2v) is 5.34. The zero-order valence-electron chi connectivity index (χ0n) is 12.9. The predicted molar refractivity (Wildman–Crippen MR) is 84.8 cm³/mol. The molecule has 1 aliphatic heterocycles. The van der Waals surface area contributed by atoms with Crippen LogP contribution in [0.2, 0.25) is 0 Å². The van der Waals surface area contributed by atoms with Crippen LogP contribution in [0.3, 0.4) is 0 Å². The van der Waals surface area contributed by atoms with Crippen molar-refractivity contribution in [3.63, 3.8) is 0 Å². The summed E-state index contributed by atoms with van der Waals surface area (Å²) in [6.07, 6.45) is 1.18. The molecular weight excluding hydrogens is 280 g/mol. The molecule has 22 heavy (non-hydrogen) atoms. The first-order chi connectivity index (χ1) is 10.9. The molecule has 1 saturated heterocycles. The van der Waals surface area contributed by atoms with Gasteiger partial charge in [0, 0.05) is 38.0 Å². The molecule has 1 aromatic carbocycles. The van der Waals surface area contributed by atoms with Crippen molar-refractivity contribution in [1.82, 2.24) is 25.5 Å². The number of hydrogen-bond donors (Lipinski definition) is 1. The first-order valence-electron chi connectivity index (χ1n) is 7.69. The lowest BCUT2D eigenvalue weighted by Gasteiger charge is -2.22. The fraction of sp³-hybridized carbons (Fsp3) is 0.533. The summed E-state index contributed by atoms with van der Waals surface area (Å²) in [6.45, 7) is 5.48. The standard InChI is InChI=1S/C15H22N6O/c1-22-12-11-21-18-15(17-19-21)13-3-5-14(6-4-13)20-9-2-7-16-8-10-20/h3-6,16H,2,7-12H2,1H3. The highest BCUT2D eigenvalue weighted by Gasteiger charge is 2.11. The minimum absolute atomic E-state index is 0.581. The summed E-state index contributed by atoms with van der Waals surface area (Å²) in [5, 5.41) is 15.9. The van der Waals surface area contributed by atoms with Crippen LogP contribution < -0.4 is 10.2 Å². The average molecular weight is 302 g/mol. The van der Waals surface area contributed by atoms with Crippen LogP contribution >= 0.6 is 0 Å². The molecule has 1 aliphatic rings. The van der Waals surface area contributed by atoms with Gasteiger partial charge in [-0.2, -0.15) is 4.80 Å². The number of aromatic nitrogens is 4. The van der Waals surface area contributed by atoms with Gasteiger partial charge in [0.25, 0.3) is 0 Å². The van der Waals surface area contributed by atoms with Gasteiger partial charge in [0.1, 0.15) is 0 Å². The fourth-order valence-electron chi connectivity index (χ4n) is 2.55. The quantitative estimate of drug-likeness (QED) is 0.880. The van der Waals surface area contributed by atoms with Gasteiger partial charge in [-0.15, -0.1) is 10.2 Å². The molecule has 0 amide bonds. The molecule has 1 aromatic heterocycles. The molecule has 1 fully saturated rings. The zero-order valence-corrected chi connectivity index (χ0v) is 12.9. The average Bonchev–Trinajstić information content (AvgIpc) is 2.86. The monoisotopic (exact) mass is 302 g/mol. The van der Waals surface area contributed by atoms with E-state index in [0.717, 1.165) is 31.7 Å². The Hall–Kier alpha value is -1.99. The van der Waals surface area contributed by atoms with Crippen molar-refractivity contribution in [2.24, 2.45) is 0 Å². The van der Waals surface area contributed by atoms with Crippen molar-refractivity contribution in [1.29, 1.82) is 0 Å². The van der Waals surface area contributed by atoms with Crippen LogP contribution in [0.1, 0.15) is 6.42 Å². The summed E-state index contributed by atoms with van der Waals surface area (Å²) >= 11 is 0. The van der Waals surface area contributed by atoms with E-state index in [1.165, 1.54) is 12.1 Å². The smallest absolute Gasteiger partial charge is 0.204 e. The van der Waals surface area contributed by atoms with Gasteiger partial charge in [0.05, 0.1) is 13.2 Å². The minimum Gasteiger partial charge on any atom is -0.383 e. The third-order valence-corrected chi connectivity index (χ3v) is 3.78. The minimum atomic E-state index is 0.581. The Kier molecular flexibility index (Phi) is 4.97. The maximum atomic E-state index is 5.01. The molecule has 3 rings (SSSR count). The summed E-state index contributed by atoms with van der Waals surface area (Å²) in [6, 6.07) is 8.39. The number of nitrogens with one attached hydrogen (secondary N) is 1. The van der Waals surface area contributed by atoms with Gasteiger partial charge >= 0.3 is 0 Å². The van der Waals surface area contributed by atoms with Crippen LogP contribution in [0.5, 0.6) is 0 Å². The number of nitrogens with zero attached hydrogens (tertiary/aromatic N) is 5. The maximum Gasteiger partial charge on any atom is 0.204 e. The maximum absolute atomic E-state index is 5.01. The first kappa shape index (κ1) is 14.9. The summed E-state index contributed by atoms with van der Waals surface area (Å²) < 4.78 is 5.01. The van der Waals surface area contributed by atoms with Gasteiger partial charge in [-0.25, -0.2) is 0 Å². The largest absolute Gasteiger partial charge is 0.383 e. The second kappa shape index (κ2) is 7.33. The Balaban J connectivity index is 1.69. The number of anilines is 1. The number of tetrazole rings is 1. The molecule has 7 heteroatoms. The van der Waals surface area contributed by atoms with E-state index in [1.807, 2.05) is 0 Å². The molecule has 0 radical (unpaired) electrons. The molecule has 0 bridgehead atoms. The molecule has 0 atom stereocenters. The lowest BCUT2D eigenvalue weighted by atomic mass is 10.2. The van der Waals surface area contributed by atoms with E-state index < -0.39 is 0 Å². The van der Waals surface area contributed by atoms with E-state index >= 15 is 0 Å². The van der Waals surface area contributed by atoms with Crippen LogP contribution in [0.4, 0.5) is 5.69 Å². The van der Waals surface area contributed by atoms with Crippen LogP contribution in [-0.2, 0) is 11.3 Å². The number of benzene rings is 1. The topological polar surface area (TPSA) is 68.1 Å². The predicted octanol–water partition coefficient (Wildman–Crippen LogP) is 0.786. The second-order valence-electron chi connectivity index (χ2n) is 5.34. The molecular formula is C15H22N6O. The van der Waals surface area contributed by atoms with Crippen molar-refractivity contribution < 1.29 is 4.74 Å². The van der Waals surface area contributed by atoms with Crippen LogP contribution in [-0.4, -0.2) is 60.1 Å². The van der Waals surface area contributed by atoms with E-state index in [4.69, 9.17) is 4.74 Å². The van der Waals surface area contributed by atoms with Crippen LogP contribution in [0.15, 0.2) is 24.3 Å². The van der Waals surface area contributed by atoms with Crippen molar-refractivity contribution in [2.75, 3.05) is 44.8 Å². The van der Waals surface area contributed by atoms with Crippen molar-refractivity contribution in [2.45, 2.75) is 13.0 Å². The van der Waals surface area contributed by atoms with E-state index in [0.29, 0.717) is 19.0 Å². The van der Waals surface area contributed by atoms with E-state index in [-0.39, 0.29) is 0 Å². The van der Waals surface area contributed by atoms with Crippen LogP contribution in [0.25, 0.3) is 11.4 Å². The molecule has 118 valence electrons. The van der Waals surface area contributed by atoms with Crippen molar-refractivity contribution in [3.05, 3.63) is 24.3 Å². The highest BCUT2D eigenvalue weighted by Crippen LogP contribution is 2.20. The molecule has 1 N–H and O–H groups in total. The van der Waals surface area contributed by atoms with Crippen molar-refractivity contribution in [3.8, 4) is 11.4 Å². The lowest BCUT2D eigenvalue weighted by molar-refractivity contribution is 0.178. The van der Waals surface area contributed by atoms with Gasteiger partial charge in [-0.1, -0.05) is 0 Å². The number of methoxy groups -OCH3 is 1. The highest BCUT2D eigenvalue weighted by molar-refractivity contribution is 5.59. The summed E-state index contributed by atoms with van der Waals surface area (Å²) in [5.41, 5.74) is 2.24. The molecule has 0 aliphatic carbocycles. The molecule has 0 spiro atoms. The number of ether oxygens (including phenoxy) is 1. The van der Waals surface area contributed by atoms with Gasteiger partial charge < -0.3 is 15.0 Å². The Labute approximate surface area is 130 Å². The molecule has 0 saturated carbocycles. The normalized spacial score (nSPS) is 15.8. The van der Waals surface area contributed by atoms with E-state index in [2.05, 4.69) is 49.9 Å². The Morgan fingerprint density at radius 1 is 1.18 bits per heavy atom. The van der Waals surface area contributed by atoms with Gasteiger partial charge in [-0.05, 0) is 42.4 Å². The third-order valence-electron chi connectivity index (χ3n) is 3.78. The Bertz CT molecular complexity index is 574. The number of hydrogen-bond acceptors (Lipinski definition) is 6. The highest BCUT2D eigenvalue weighted by atomic mass is 16.5. The third kappa shape index (κ3) is 3.61. The summed E-state index contributed by atoms with van der Waals surface area (Å²) in [7, 11) is 1.66.